The third kappa shape index (κ3) is 4.55. The zero-order valence-corrected chi connectivity index (χ0v) is 19.0. The van der Waals surface area contributed by atoms with E-state index < -0.39 is 21.4 Å². The van der Waals surface area contributed by atoms with Gasteiger partial charge in [0.1, 0.15) is 5.56 Å². The molecule has 2 heterocycles. The van der Waals surface area contributed by atoms with Crippen LogP contribution in [0, 0.1) is 11.8 Å². The van der Waals surface area contributed by atoms with Crippen LogP contribution in [0.5, 0.6) is 0 Å². The molecule has 1 saturated carbocycles. The number of H-pyrrole nitrogens is 1. The Morgan fingerprint density at radius 1 is 1.10 bits per heavy atom. The highest BCUT2D eigenvalue weighted by Crippen LogP contribution is 2.27. The Morgan fingerprint density at radius 2 is 1.77 bits per heavy atom. The molecule has 8 heteroatoms. The van der Waals surface area contributed by atoms with Gasteiger partial charge in [-0.25, -0.2) is 8.42 Å². The molecular weight excluding hydrogens is 414 g/mol. The molecule has 1 aliphatic carbocycles. The highest BCUT2D eigenvalue weighted by Gasteiger charge is 2.32. The third-order valence-corrected chi connectivity index (χ3v) is 8.34. The molecule has 7 nitrogen and oxygen atoms in total. The first kappa shape index (κ1) is 22.0. The Morgan fingerprint density at radius 3 is 2.45 bits per heavy atom. The molecular formula is C23H31N3O4S. The fraction of sp³-hybridized carbons (Fsp3) is 0.565. The molecule has 0 unspecified atom stereocenters. The van der Waals surface area contributed by atoms with Crippen LogP contribution in [-0.4, -0.2) is 42.7 Å². The van der Waals surface area contributed by atoms with E-state index in [1.54, 1.807) is 6.07 Å². The predicted molar refractivity (Wildman–Crippen MR) is 121 cm³/mol. The van der Waals surface area contributed by atoms with E-state index >= 15 is 0 Å². The lowest BCUT2D eigenvalue weighted by Crippen LogP contribution is -2.42. The minimum absolute atomic E-state index is 0.0211. The fourth-order valence-corrected chi connectivity index (χ4v) is 6.69. The lowest BCUT2D eigenvalue weighted by molar-refractivity contribution is 0.0926. The maximum atomic E-state index is 13.2. The second kappa shape index (κ2) is 8.74. The van der Waals surface area contributed by atoms with E-state index in [2.05, 4.69) is 24.1 Å². The number of nitrogens with zero attached hydrogens (tertiary/aromatic N) is 1. The average Bonchev–Trinajstić information content (AvgIpc) is 2.73. The monoisotopic (exact) mass is 445 g/mol. The first-order valence-corrected chi connectivity index (χ1v) is 12.7. The quantitative estimate of drug-likeness (QED) is 0.754. The van der Waals surface area contributed by atoms with Crippen LogP contribution in [0.4, 0.5) is 0 Å². The number of rotatable bonds is 4. The Hall–Kier alpha value is -2.19. The molecule has 2 fully saturated rings. The van der Waals surface area contributed by atoms with Gasteiger partial charge in [-0.05, 0) is 49.3 Å². The Balaban J connectivity index is 1.66. The van der Waals surface area contributed by atoms with E-state index in [1.807, 2.05) is 0 Å². The molecule has 4 rings (SSSR count). The average molecular weight is 446 g/mol. The number of amides is 1. The zero-order chi connectivity index (χ0) is 22.2. The molecule has 168 valence electrons. The fourth-order valence-electron chi connectivity index (χ4n) is 4.99. The van der Waals surface area contributed by atoms with Crippen LogP contribution in [-0.2, 0) is 10.0 Å². The van der Waals surface area contributed by atoms with Crippen LogP contribution < -0.4 is 10.7 Å². The second-order valence-corrected chi connectivity index (χ2v) is 11.3. The number of piperidine rings is 1. The molecule has 1 amide bonds. The van der Waals surface area contributed by atoms with Crippen LogP contribution in [0.15, 0.2) is 34.1 Å². The molecule has 2 atom stereocenters. The number of aromatic nitrogens is 1. The van der Waals surface area contributed by atoms with Crippen molar-refractivity contribution in [1.29, 1.82) is 0 Å². The van der Waals surface area contributed by atoms with Gasteiger partial charge in [0.2, 0.25) is 15.5 Å². The topological polar surface area (TPSA) is 99.3 Å². The van der Waals surface area contributed by atoms with Gasteiger partial charge in [0, 0.05) is 36.2 Å². The molecule has 31 heavy (non-hydrogen) atoms. The van der Waals surface area contributed by atoms with Gasteiger partial charge < -0.3 is 10.3 Å². The summed E-state index contributed by atoms with van der Waals surface area (Å²) in [6, 6.07) is 4.62. The molecule has 0 radical (unpaired) electrons. The molecule has 1 aromatic carbocycles. The number of nitrogens with one attached hydrogen (secondary N) is 2. The van der Waals surface area contributed by atoms with Gasteiger partial charge in [0.05, 0.1) is 4.90 Å². The van der Waals surface area contributed by atoms with Crippen molar-refractivity contribution in [3.63, 3.8) is 0 Å². The maximum absolute atomic E-state index is 13.2. The van der Waals surface area contributed by atoms with Crippen molar-refractivity contribution < 1.29 is 13.2 Å². The van der Waals surface area contributed by atoms with Gasteiger partial charge in [-0.3, -0.25) is 9.59 Å². The van der Waals surface area contributed by atoms with E-state index in [0.717, 1.165) is 32.1 Å². The SMILES string of the molecule is C[C@H]1C[C@H](C)CN(S(=O)(=O)c2ccc3[nH]cc(C(=O)NC4CCCCC4)c(=O)c3c2)C1. The van der Waals surface area contributed by atoms with E-state index in [9.17, 15) is 18.0 Å². The maximum Gasteiger partial charge on any atom is 0.256 e. The summed E-state index contributed by atoms with van der Waals surface area (Å²) in [6.45, 7) is 5.07. The van der Waals surface area contributed by atoms with Gasteiger partial charge in [0.15, 0.2) is 0 Å². The summed E-state index contributed by atoms with van der Waals surface area (Å²) in [7, 11) is -3.71. The van der Waals surface area contributed by atoms with Crippen LogP contribution in [0.25, 0.3) is 10.9 Å². The van der Waals surface area contributed by atoms with E-state index in [4.69, 9.17) is 0 Å². The summed E-state index contributed by atoms with van der Waals surface area (Å²) >= 11 is 0. The van der Waals surface area contributed by atoms with Gasteiger partial charge >= 0.3 is 0 Å². The van der Waals surface area contributed by atoms with Crippen molar-refractivity contribution in [2.24, 2.45) is 11.8 Å². The molecule has 2 N–H and O–H groups in total. The van der Waals surface area contributed by atoms with Gasteiger partial charge in [0.25, 0.3) is 5.91 Å². The lowest BCUT2D eigenvalue weighted by atomic mass is 9.94. The van der Waals surface area contributed by atoms with Crippen molar-refractivity contribution >= 4 is 26.8 Å². The van der Waals surface area contributed by atoms with Crippen molar-refractivity contribution in [3.8, 4) is 0 Å². The Bertz CT molecular complexity index is 1130. The summed E-state index contributed by atoms with van der Waals surface area (Å²) < 4.78 is 28.0. The molecule has 1 aromatic heterocycles. The molecule has 2 aromatic rings. The standard InChI is InChI=1S/C23H31N3O4S/c1-15-10-16(2)14-26(13-15)31(29,30)18-8-9-21-19(11-18)22(27)20(12-24-21)23(28)25-17-6-4-3-5-7-17/h8-9,11-12,15-17H,3-7,10,13-14H2,1-2H3,(H,24,27)(H,25,28)/t15-,16-/m0/s1. The van der Waals surface area contributed by atoms with Gasteiger partial charge in [-0.15, -0.1) is 0 Å². The van der Waals surface area contributed by atoms with Crippen LogP contribution in [0.2, 0.25) is 0 Å². The highest BCUT2D eigenvalue weighted by molar-refractivity contribution is 7.89. The van der Waals surface area contributed by atoms with E-state index in [0.29, 0.717) is 18.6 Å². The van der Waals surface area contributed by atoms with Crippen molar-refractivity contribution in [3.05, 3.63) is 40.2 Å². The summed E-state index contributed by atoms with van der Waals surface area (Å²) in [5.41, 5.74) is 0.0888. The van der Waals surface area contributed by atoms with Crippen molar-refractivity contribution in [2.45, 2.75) is 63.3 Å². The number of benzene rings is 1. The number of carbonyl (C=O) groups is 1. The molecule has 2 aliphatic rings. The number of hydrogen-bond acceptors (Lipinski definition) is 4. The van der Waals surface area contributed by atoms with Gasteiger partial charge in [-0.2, -0.15) is 4.31 Å². The number of aromatic amines is 1. The first-order valence-electron chi connectivity index (χ1n) is 11.2. The summed E-state index contributed by atoms with van der Waals surface area (Å²) in [5.74, 6) is 0.178. The van der Waals surface area contributed by atoms with Crippen LogP contribution in [0.1, 0.15) is 62.7 Å². The first-order chi connectivity index (χ1) is 14.8. The predicted octanol–water partition coefficient (Wildman–Crippen LogP) is 3.26. The molecule has 0 spiro atoms. The van der Waals surface area contributed by atoms with Crippen LogP contribution >= 0.6 is 0 Å². The molecule has 0 bridgehead atoms. The number of carbonyl (C=O) groups excluding carboxylic acids is 1. The zero-order valence-electron chi connectivity index (χ0n) is 18.2. The molecule has 1 aliphatic heterocycles. The number of fused-ring (bicyclic) bond motifs is 1. The smallest absolute Gasteiger partial charge is 0.256 e. The number of hydrogen-bond donors (Lipinski definition) is 2. The number of sulfonamides is 1. The summed E-state index contributed by atoms with van der Waals surface area (Å²) in [4.78, 5) is 28.9. The number of pyridine rings is 1. The third-order valence-electron chi connectivity index (χ3n) is 6.51. The minimum atomic E-state index is -3.71. The van der Waals surface area contributed by atoms with Crippen molar-refractivity contribution in [2.75, 3.05) is 13.1 Å². The van der Waals surface area contributed by atoms with E-state index in [1.165, 1.54) is 29.1 Å². The normalized spacial score (nSPS) is 23.7. The largest absolute Gasteiger partial charge is 0.360 e. The van der Waals surface area contributed by atoms with Crippen LogP contribution in [0.3, 0.4) is 0 Å². The Kier molecular flexibility index (Phi) is 6.21. The minimum Gasteiger partial charge on any atom is -0.360 e. The second-order valence-electron chi connectivity index (χ2n) is 9.32. The van der Waals surface area contributed by atoms with E-state index in [-0.39, 0.29) is 33.7 Å². The molecule has 1 saturated heterocycles. The van der Waals surface area contributed by atoms with Crippen molar-refractivity contribution in [1.82, 2.24) is 14.6 Å². The summed E-state index contributed by atoms with van der Waals surface area (Å²) in [6.07, 6.45) is 7.60. The Labute approximate surface area is 183 Å². The van der Waals surface area contributed by atoms with Gasteiger partial charge in [-0.1, -0.05) is 33.1 Å². The lowest BCUT2D eigenvalue weighted by Gasteiger charge is -2.34. The summed E-state index contributed by atoms with van der Waals surface area (Å²) in [5, 5.41) is 3.18. The highest BCUT2D eigenvalue weighted by atomic mass is 32.2.